The third kappa shape index (κ3) is 5.96. The number of likely N-dealkylation sites (tertiary alicyclic amines) is 1. The maximum absolute atomic E-state index is 12.7. The van der Waals surface area contributed by atoms with Gasteiger partial charge in [-0.05, 0) is 68.8 Å². The smallest absolute Gasteiger partial charge is 0.341 e. The van der Waals surface area contributed by atoms with E-state index in [-0.39, 0.29) is 6.61 Å². The lowest BCUT2D eigenvalue weighted by atomic mass is 9.89. The van der Waals surface area contributed by atoms with E-state index >= 15 is 0 Å². The van der Waals surface area contributed by atoms with Gasteiger partial charge in [0.15, 0.2) is 6.61 Å². The van der Waals surface area contributed by atoms with E-state index in [1.165, 1.54) is 18.4 Å². The van der Waals surface area contributed by atoms with Crippen molar-refractivity contribution in [2.75, 3.05) is 32.8 Å². The Kier molecular flexibility index (Phi) is 7.10. The van der Waals surface area contributed by atoms with Crippen LogP contribution in [0.4, 0.5) is 0 Å². The molecule has 0 bridgehead atoms. The Bertz CT molecular complexity index is 626. The summed E-state index contributed by atoms with van der Waals surface area (Å²) in [5, 5.41) is 12.0. The number of nitrogens with one attached hydrogen (secondary N) is 1. The fourth-order valence-corrected chi connectivity index (χ4v) is 4.11. The Morgan fingerprint density at radius 2 is 1.89 bits per heavy atom. The molecule has 27 heavy (non-hydrogen) atoms. The van der Waals surface area contributed by atoms with Gasteiger partial charge in [0, 0.05) is 25.4 Å². The van der Waals surface area contributed by atoms with Crippen molar-refractivity contribution < 1.29 is 19.4 Å². The second kappa shape index (κ2) is 9.74. The molecule has 1 unspecified atom stereocenters. The number of piperidine rings is 2. The van der Waals surface area contributed by atoms with Crippen molar-refractivity contribution in [1.82, 2.24) is 10.2 Å². The molecule has 0 aliphatic carbocycles. The lowest BCUT2D eigenvalue weighted by molar-refractivity contribution is -0.139. The van der Waals surface area contributed by atoms with Gasteiger partial charge in [-0.1, -0.05) is 12.1 Å². The Morgan fingerprint density at radius 1 is 1.15 bits per heavy atom. The number of nitrogens with zero attached hydrogens (tertiary/aromatic N) is 1. The number of aliphatic carboxylic acids is 1. The molecule has 2 heterocycles. The topological polar surface area (TPSA) is 78.9 Å². The van der Waals surface area contributed by atoms with Crippen LogP contribution in [0.5, 0.6) is 5.75 Å². The molecule has 2 aliphatic rings. The second-order valence-corrected chi connectivity index (χ2v) is 7.66. The van der Waals surface area contributed by atoms with Crippen LogP contribution in [0.15, 0.2) is 24.3 Å². The van der Waals surface area contributed by atoms with Crippen molar-refractivity contribution in [3.8, 4) is 5.75 Å². The van der Waals surface area contributed by atoms with Crippen molar-refractivity contribution in [2.45, 2.75) is 44.4 Å². The van der Waals surface area contributed by atoms with E-state index in [2.05, 4.69) is 5.32 Å². The van der Waals surface area contributed by atoms with Crippen LogP contribution in [0.2, 0.25) is 0 Å². The number of carboxylic acids is 1. The molecule has 1 atom stereocenters. The van der Waals surface area contributed by atoms with E-state index < -0.39 is 5.97 Å². The van der Waals surface area contributed by atoms with Crippen LogP contribution in [0.1, 0.15) is 50.0 Å². The summed E-state index contributed by atoms with van der Waals surface area (Å²) in [4.78, 5) is 25.3. The molecule has 3 rings (SSSR count). The van der Waals surface area contributed by atoms with Gasteiger partial charge in [0.2, 0.25) is 5.91 Å². The SMILES string of the molecule is O=C(O)COc1ccc(C2CCCN(C(=O)CCC3CCNCC3)C2)cc1. The summed E-state index contributed by atoms with van der Waals surface area (Å²) < 4.78 is 5.19. The van der Waals surface area contributed by atoms with Crippen molar-refractivity contribution in [3.63, 3.8) is 0 Å². The van der Waals surface area contributed by atoms with Crippen molar-refractivity contribution in [2.24, 2.45) is 5.92 Å². The number of carboxylic acid groups (broad SMARTS) is 1. The highest BCUT2D eigenvalue weighted by Gasteiger charge is 2.25. The predicted molar refractivity (Wildman–Crippen MR) is 103 cm³/mol. The van der Waals surface area contributed by atoms with E-state index in [0.29, 0.717) is 29.9 Å². The van der Waals surface area contributed by atoms with Gasteiger partial charge in [0.1, 0.15) is 5.75 Å². The Labute approximate surface area is 160 Å². The van der Waals surface area contributed by atoms with Gasteiger partial charge in [0.25, 0.3) is 0 Å². The van der Waals surface area contributed by atoms with E-state index in [0.717, 1.165) is 45.4 Å². The first kappa shape index (κ1) is 19.7. The first-order chi connectivity index (χ1) is 13.1. The average molecular weight is 374 g/mol. The molecule has 0 aromatic heterocycles. The van der Waals surface area contributed by atoms with E-state index in [1.807, 2.05) is 29.2 Å². The Morgan fingerprint density at radius 3 is 2.59 bits per heavy atom. The molecule has 1 amide bonds. The van der Waals surface area contributed by atoms with Gasteiger partial charge in [-0.25, -0.2) is 4.79 Å². The third-order valence-corrected chi connectivity index (χ3v) is 5.71. The summed E-state index contributed by atoms with van der Waals surface area (Å²) >= 11 is 0. The summed E-state index contributed by atoms with van der Waals surface area (Å²) in [6.45, 7) is 3.47. The van der Waals surface area contributed by atoms with Crippen molar-refractivity contribution in [1.29, 1.82) is 0 Å². The van der Waals surface area contributed by atoms with Crippen LogP contribution in [0.3, 0.4) is 0 Å². The van der Waals surface area contributed by atoms with Gasteiger partial charge in [-0.3, -0.25) is 4.79 Å². The largest absolute Gasteiger partial charge is 0.482 e. The van der Waals surface area contributed by atoms with Crippen LogP contribution in [-0.4, -0.2) is 54.7 Å². The molecule has 6 heteroatoms. The number of ether oxygens (including phenoxy) is 1. The zero-order valence-corrected chi connectivity index (χ0v) is 15.9. The molecular weight excluding hydrogens is 344 g/mol. The van der Waals surface area contributed by atoms with E-state index in [9.17, 15) is 9.59 Å². The summed E-state index contributed by atoms with van der Waals surface area (Å²) in [5.74, 6) is 0.903. The highest BCUT2D eigenvalue weighted by molar-refractivity contribution is 5.76. The zero-order valence-electron chi connectivity index (χ0n) is 15.9. The number of rotatable bonds is 7. The first-order valence-corrected chi connectivity index (χ1v) is 10.0. The normalized spacial score (nSPS) is 21.0. The molecular formula is C21H30N2O4. The fourth-order valence-electron chi connectivity index (χ4n) is 4.11. The quantitative estimate of drug-likeness (QED) is 0.767. The molecule has 0 spiro atoms. The minimum atomic E-state index is -0.981. The van der Waals surface area contributed by atoms with Crippen LogP contribution in [0, 0.1) is 5.92 Å². The lowest BCUT2D eigenvalue weighted by Crippen LogP contribution is -2.39. The number of hydrogen-bond donors (Lipinski definition) is 2. The molecule has 2 fully saturated rings. The van der Waals surface area contributed by atoms with Crippen LogP contribution in [-0.2, 0) is 9.59 Å². The Balaban J connectivity index is 1.49. The maximum Gasteiger partial charge on any atom is 0.341 e. The molecule has 1 aromatic rings. The zero-order chi connectivity index (χ0) is 19.1. The van der Waals surface area contributed by atoms with E-state index in [4.69, 9.17) is 9.84 Å². The average Bonchev–Trinajstić information content (AvgIpc) is 2.71. The molecule has 2 saturated heterocycles. The number of carbonyl (C=O) groups excluding carboxylic acids is 1. The molecule has 0 saturated carbocycles. The summed E-state index contributed by atoms with van der Waals surface area (Å²) in [7, 11) is 0. The Hall–Kier alpha value is -2.08. The van der Waals surface area contributed by atoms with Crippen LogP contribution < -0.4 is 10.1 Å². The third-order valence-electron chi connectivity index (χ3n) is 5.71. The van der Waals surface area contributed by atoms with Gasteiger partial charge >= 0.3 is 5.97 Å². The highest BCUT2D eigenvalue weighted by atomic mass is 16.5. The number of amides is 1. The van der Waals surface area contributed by atoms with Crippen molar-refractivity contribution >= 4 is 11.9 Å². The highest BCUT2D eigenvalue weighted by Crippen LogP contribution is 2.29. The monoisotopic (exact) mass is 374 g/mol. The standard InChI is InChI=1S/C21H30N2O4/c24-20(8-3-16-9-11-22-12-10-16)23-13-1-2-18(14-23)17-4-6-19(7-5-17)27-15-21(25)26/h4-7,16,18,22H,1-3,8-15H2,(H,25,26). The summed E-state index contributed by atoms with van der Waals surface area (Å²) in [5.41, 5.74) is 1.19. The number of benzene rings is 1. The fraction of sp³-hybridized carbons (Fsp3) is 0.619. The van der Waals surface area contributed by atoms with Crippen LogP contribution >= 0.6 is 0 Å². The van der Waals surface area contributed by atoms with Gasteiger partial charge in [0.05, 0.1) is 0 Å². The molecule has 148 valence electrons. The van der Waals surface area contributed by atoms with Gasteiger partial charge in [-0.2, -0.15) is 0 Å². The molecule has 2 aliphatic heterocycles. The number of hydrogen-bond acceptors (Lipinski definition) is 4. The number of carbonyl (C=O) groups is 2. The lowest BCUT2D eigenvalue weighted by Gasteiger charge is -2.33. The molecule has 0 radical (unpaired) electrons. The minimum absolute atomic E-state index is 0.291. The molecule has 2 N–H and O–H groups in total. The van der Waals surface area contributed by atoms with Crippen LogP contribution in [0.25, 0.3) is 0 Å². The first-order valence-electron chi connectivity index (χ1n) is 10.0. The summed E-state index contributed by atoms with van der Waals surface area (Å²) in [6.07, 6.45) is 6.16. The van der Waals surface area contributed by atoms with Gasteiger partial charge in [-0.15, -0.1) is 0 Å². The van der Waals surface area contributed by atoms with E-state index in [1.54, 1.807) is 0 Å². The van der Waals surface area contributed by atoms with Crippen molar-refractivity contribution in [3.05, 3.63) is 29.8 Å². The second-order valence-electron chi connectivity index (χ2n) is 7.66. The molecule has 6 nitrogen and oxygen atoms in total. The minimum Gasteiger partial charge on any atom is -0.482 e. The van der Waals surface area contributed by atoms with Gasteiger partial charge < -0.3 is 20.1 Å². The predicted octanol–water partition coefficient (Wildman–Crippen LogP) is 2.64. The maximum atomic E-state index is 12.7. The summed E-state index contributed by atoms with van der Waals surface area (Å²) in [6, 6.07) is 7.61. The molecule has 1 aromatic carbocycles.